The lowest BCUT2D eigenvalue weighted by Gasteiger charge is -2.33. The molecule has 0 amide bonds. The Morgan fingerprint density at radius 2 is 1.68 bits per heavy atom. The first-order valence-corrected chi connectivity index (χ1v) is 8.47. The maximum atomic E-state index is 6.00. The van der Waals surface area contributed by atoms with Crippen molar-refractivity contribution >= 4 is 0 Å². The minimum Gasteiger partial charge on any atom is -0.330 e. The Balaban J connectivity index is 2.50. The van der Waals surface area contributed by atoms with Gasteiger partial charge in [0.15, 0.2) is 0 Å². The Bertz CT molecular complexity index is 219. The summed E-state index contributed by atoms with van der Waals surface area (Å²) in [7, 11) is 0. The molecule has 0 aliphatic heterocycles. The van der Waals surface area contributed by atoms with Crippen molar-refractivity contribution in [3.8, 4) is 0 Å². The molecule has 0 aromatic rings. The van der Waals surface area contributed by atoms with Crippen LogP contribution in [0.1, 0.15) is 66.2 Å². The Morgan fingerprint density at radius 3 is 2.16 bits per heavy atom. The molecule has 1 saturated carbocycles. The third-order valence-corrected chi connectivity index (χ3v) is 4.47. The van der Waals surface area contributed by atoms with Crippen molar-refractivity contribution < 1.29 is 0 Å². The van der Waals surface area contributed by atoms with Crippen LogP contribution in [0.2, 0.25) is 0 Å². The average molecular weight is 268 g/mol. The van der Waals surface area contributed by atoms with Crippen molar-refractivity contribution in [1.82, 2.24) is 4.90 Å². The Kier molecular flexibility index (Phi) is 8.01. The molecule has 0 spiro atoms. The van der Waals surface area contributed by atoms with E-state index in [2.05, 4.69) is 32.6 Å². The SMILES string of the molecule is CC(C)CCN(CC(CN)CC(C)C)C1CCCC1. The summed E-state index contributed by atoms with van der Waals surface area (Å²) in [6.07, 6.45) is 8.30. The molecule has 0 heterocycles. The maximum absolute atomic E-state index is 6.00. The van der Waals surface area contributed by atoms with Gasteiger partial charge in [-0.1, -0.05) is 40.5 Å². The molecule has 1 unspecified atom stereocenters. The van der Waals surface area contributed by atoms with E-state index in [0.29, 0.717) is 5.92 Å². The van der Waals surface area contributed by atoms with Gasteiger partial charge in [-0.3, -0.25) is 0 Å². The third kappa shape index (κ3) is 6.76. The van der Waals surface area contributed by atoms with Gasteiger partial charge >= 0.3 is 0 Å². The molecule has 1 aliphatic carbocycles. The standard InChI is InChI=1S/C17H36N2/c1-14(2)9-10-19(17-7-5-6-8-17)13-16(12-18)11-15(3)4/h14-17H,5-13,18H2,1-4H3. The van der Waals surface area contributed by atoms with Crippen LogP contribution < -0.4 is 5.73 Å². The molecule has 2 N–H and O–H groups in total. The van der Waals surface area contributed by atoms with Crippen LogP contribution in [0.15, 0.2) is 0 Å². The second-order valence-corrected chi connectivity index (χ2v) is 7.35. The van der Waals surface area contributed by atoms with E-state index < -0.39 is 0 Å². The van der Waals surface area contributed by atoms with E-state index in [1.807, 2.05) is 0 Å². The van der Waals surface area contributed by atoms with Gasteiger partial charge in [0, 0.05) is 12.6 Å². The molecule has 0 aromatic carbocycles. The van der Waals surface area contributed by atoms with Gasteiger partial charge in [0.05, 0.1) is 0 Å². The van der Waals surface area contributed by atoms with E-state index in [-0.39, 0.29) is 0 Å². The van der Waals surface area contributed by atoms with Gasteiger partial charge in [0.1, 0.15) is 0 Å². The van der Waals surface area contributed by atoms with E-state index >= 15 is 0 Å². The van der Waals surface area contributed by atoms with Gasteiger partial charge in [-0.05, 0) is 56.5 Å². The van der Waals surface area contributed by atoms with Crippen molar-refractivity contribution in [2.75, 3.05) is 19.6 Å². The zero-order valence-electron chi connectivity index (χ0n) is 13.7. The first-order chi connectivity index (χ1) is 9.02. The van der Waals surface area contributed by atoms with Crippen LogP contribution in [0.5, 0.6) is 0 Å². The summed E-state index contributed by atoms with van der Waals surface area (Å²) >= 11 is 0. The first-order valence-electron chi connectivity index (χ1n) is 8.47. The topological polar surface area (TPSA) is 29.3 Å². The first kappa shape index (κ1) is 17.0. The summed E-state index contributed by atoms with van der Waals surface area (Å²) in [5.41, 5.74) is 6.00. The second kappa shape index (κ2) is 8.97. The van der Waals surface area contributed by atoms with Crippen molar-refractivity contribution in [3.05, 3.63) is 0 Å². The Morgan fingerprint density at radius 1 is 1.05 bits per heavy atom. The van der Waals surface area contributed by atoms with E-state index in [9.17, 15) is 0 Å². The maximum Gasteiger partial charge on any atom is 0.00953 e. The van der Waals surface area contributed by atoms with Gasteiger partial charge in [-0.15, -0.1) is 0 Å². The molecule has 0 bridgehead atoms. The largest absolute Gasteiger partial charge is 0.330 e. The Labute approximate surface area is 121 Å². The lowest BCUT2D eigenvalue weighted by atomic mass is 9.95. The van der Waals surface area contributed by atoms with Gasteiger partial charge < -0.3 is 10.6 Å². The number of hydrogen-bond acceptors (Lipinski definition) is 2. The van der Waals surface area contributed by atoms with Crippen LogP contribution >= 0.6 is 0 Å². The molecule has 19 heavy (non-hydrogen) atoms. The minimum atomic E-state index is 0.688. The molecule has 1 rings (SSSR count). The quantitative estimate of drug-likeness (QED) is 0.687. The normalized spacial score (nSPS) is 18.9. The summed E-state index contributed by atoms with van der Waals surface area (Å²) < 4.78 is 0. The molecular weight excluding hydrogens is 232 g/mol. The smallest absolute Gasteiger partial charge is 0.00953 e. The fraction of sp³-hybridized carbons (Fsp3) is 1.00. The van der Waals surface area contributed by atoms with Crippen molar-refractivity contribution in [2.45, 2.75) is 72.3 Å². The number of hydrogen-bond donors (Lipinski definition) is 1. The Hall–Kier alpha value is -0.0800. The molecule has 1 atom stereocenters. The van der Waals surface area contributed by atoms with E-state index in [0.717, 1.165) is 24.4 Å². The monoisotopic (exact) mass is 268 g/mol. The molecule has 0 radical (unpaired) electrons. The molecule has 114 valence electrons. The predicted molar refractivity (Wildman–Crippen MR) is 85.3 cm³/mol. The van der Waals surface area contributed by atoms with Crippen molar-refractivity contribution in [1.29, 1.82) is 0 Å². The van der Waals surface area contributed by atoms with E-state index in [4.69, 9.17) is 5.73 Å². The highest BCUT2D eigenvalue weighted by atomic mass is 15.2. The van der Waals surface area contributed by atoms with Crippen LogP contribution in [0, 0.1) is 17.8 Å². The molecule has 1 aliphatic rings. The fourth-order valence-electron chi connectivity index (χ4n) is 3.36. The highest BCUT2D eigenvalue weighted by molar-refractivity contribution is 4.80. The average Bonchev–Trinajstić information content (AvgIpc) is 2.85. The zero-order valence-corrected chi connectivity index (χ0v) is 13.7. The minimum absolute atomic E-state index is 0.688. The molecule has 0 aromatic heterocycles. The molecule has 0 saturated heterocycles. The number of nitrogens with two attached hydrogens (primary N) is 1. The molecular formula is C17H36N2. The van der Waals surface area contributed by atoms with Gasteiger partial charge in [-0.2, -0.15) is 0 Å². The number of nitrogens with zero attached hydrogens (tertiary/aromatic N) is 1. The number of rotatable bonds is 9. The predicted octanol–water partition coefficient (Wildman–Crippen LogP) is 3.90. The lowest BCUT2D eigenvalue weighted by Crippen LogP contribution is -2.40. The highest BCUT2D eigenvalue weighted by Gasteiger charge is 2.24. The highest BCUT2D eigenvalue weighted by Crippen LogP contribution is 2.26. The summed E-state index contributed by atoms with van der Waals surface area (Å²) in [5, 5.41) is 0. The van der Waals surface area contributed by atoms with E-state index in [1.165, 1.54) is 51.6 Å². The summed E-state index contributed by atoms with van der Waals surface area (Å²) in [6, 6.07) is 0.847. The van der Waals surface area contributed by atoms with Gasteiger partial charge in [0.25, 0.3) is 0 Å². The summed E-state index contributed by atoms with van der Waals surface area (Å²) in [6.45, 7) is 12.7. The van der Waals surface area contributed by atoms with E-state index in [1.54, 1.807) is 0 Å². The van der Waals surface area contributed by atoms with Crippen LogP contribution in [-0.2, 0) is 0 Å². The van der Waals surface area contributed by atoms with Crippen molar-refractivity contribution in [2.24, 2.45) is 23.5 Å². The summed E-state index contributed by atoms with van der Waals surface area (Å²) in [4.78, 5) is 2.77. The fourth-order valence-corrected chi connectivity index (χ4v) is 3.36. The molecule has 1 fully saturated rings. The van der Waals surface area contributed by atoms with Crippen LogP contribution in [0.25, 0.3) is 0 Å². The second-order valence-electron chi connectivity index (χ2n) is 7.35. The molecule has 2 nitrogen and oxygen atoms in total. The van der Waals surface area contributed by atoms with Crippen molar-refractivity contribution in [3.63, 3.8) is 0 Å². The zero-order chi connectivity index (χ0) is 14.3. The lowest BCUT2D eigenvalue weighted by molar-refractivity contribution is 0.153. The molecule has 2 heteroatoms. The van der Waals surface area contributed by atoms with Crippen LogP contribution in [0.4, 0.5) is 0 Å². The summed E-state index contributed by atoms with van der Waals surface area (Å²) in [5.74, 6) is 2.27. The van der Waals surface area contributed by atoms with Gasteiger partial charge in [-0.25, -0.2) is 0 Å². The van der Waals surface area contributed by atoms with Crippen LogP contribution in [-0.4, -0.2) is 30.6 Å². The van der Waals surface area contributed by atoms with Crippen LogP contribution in [0.3, 0.4) is 0 Å². The third-order valence-electron chi connectivity index (χ3n) is 4.47. The van der Waals surface area contributed by atoms with Gasteiger partial charge in [0.2, 0.25) is 0 Å².